The minimum atomic E-state index is -0.552. The monoisotopic (exact) mass is 352 g/mol. The molecule has 128 valence electrons. The number of fused-ring (bicyclic) bond motifs is 2. The molecule has 3 heterocycles. The van der Waals surface area contributed by atoms with E-state index in [4.69, 9.17) is 9.47 Å². The van der Waals surface area contributed by atoms with E-state index >= 15 is 0 Å². The zero-order valence-electron chi connectivity index (χ0n) is 13.3. The predicted molar refractivity (Wildman–Crippen MR) is 80.7 cm³/mol. The topological polar surface area (TPSA) is 114 Å². The van der Waals surface area contributed by atoms with Gasteiger partial charge in [-0.05, 0) is 32.0 Å². The maximum absolute atomic E-state index is 12.1. The van der Waals surface area contributed by atoms with Gasteiger partial charge in [-0.25, -0.2) is 19.0 Å². The number of rotatable bonds is 4. The number of carbonyl (C=O) groups is 2. The van der Waals surface area contributed by atoms with Crippen LogP contribution in [0.2, 0.25) is 0 Å². The Balaban J connectivity index is 2.00. The molecule has 11 heteroatoms. The number of aromatic nitrogens is 6. The summed E-state index contributed by atoms with van der Waals surface area (Å²) in [6.07, 6.45) is 0.706. The van der Waals surface area contributed by atoms with Crippen molar-refractivity contribution in [1.82, 2.24) is 30.0 Å². The molecule has 24 heavy (non-hydrogen) atoms. The molecule has 10 nitrogen and oxygen atoms in total. The van der Waals surface area contributed by atoms with Gasteiger partial charge in [-0.15, -0.1) is 10.2 Å². The van der Waals surface area contributed by atoms with Gasteiger partial charge in [-0.1, -0.05) is 10.4 Å². The lowest BCUT2D eigenvalue weighted by Gasteiger charge is -2.13. The Morgan fingerprint density at radius 1 is 0.958 bits per heavy atom. The van der Waals surface area contributed by atoms with Crippen LogP contribution >= 0.6 is 11.8 Å². The summed E-state index contributed by atoms with van der Waals surface area (Å²) in [6, 6.07) is 0. The molecule has 0 bridgehead atoms. The van der Waals surface area contributed by atoms with E-state index in [1.807, 2.05) is 0 Å². The smallest absolute Gasteiger partial charge is 0.361 e. The average Bonchev–Trinajstić information content (AvgIpc) is 3.11. The van der Waals surface area contributed by atoms with Crippen LogP contribution in [0, 0.1) is 0 Å². The maximum atomic E-state index is 12.1. The number of aryl methyl sites for hydroxylation is 2. The third kappa shape index (κ3) is 2.98. The molecule has 2 aromatic heterocycles. The molecule has 1 aliphatic heterocycles. The van der Waals surface area contributed by atoms with E-state index in [0.29, 0.717) is 29.6 Å². The van der Waals surface area contributed by atoms with Crippen molar-refractivity contribution < 1.29 is 19.1 Å². The second-order valence-electron chi connectivity index (χ2n) is 4.83. The Labute approximate surface area is 141 Å². The quantitative estimate of drug-likeness (QED) is 0.736. The van der Waals surface area contributed by atoms with E-state index in [2.05, 4.69) is 20.6 Å². The highest BCUT2D eigenvalue weighted by Gasteiger charge is 2.29. The highest BCUT2D eigenvalue weighted by molar-refractivity contribution is 7.99. The van der Waals surface area contributed by atoms with Crippen LogP contribution in [0.5, 0.6) is 0 Å². The van der Waals surface area contributed by atoms with E-state index in [1.54, 1.807) is 23.2 Å². The fourth-order valence-corrected chi connectivity index (χ4v) is 3.31. The fraction of sp³-hybridized carbons (Fsp3) is 0.538. The van der Waals surface area contributed by atoms with E-state index in [0.717, 1.165) is 0 Å². The van der Waals surface area contributed by atoms with Crippen molar-refractivity contribution in [1.29, 1.82) is 0 Å². The number of esters is 2. The highest BCUT2D eigenvalue weighted by Crippen LogP contribution is 2.33. The normalized spacial score (nSPS) is 13.4. The molecule has 0 fully saturated rings. The zero-order valence-corrected chi connectivity index (χ0v) is 14.1. The third-order valence-corrected chi connectivity index (χ3v) is 4.45. The average molecular weight is 352 g/mol. The number of nitrogens with zero attached hydrogens (tertiary/aromatic N) is 6. The Hall–Kier alpha value is -2.43. The molecule has 0 amide bonds. The summed E-state index contributed by atoms with van der Waals surface area (Å²) >= 11 is 1.17. The summed E-state index contributed by atoms with van der Waals surface area (Å²) in [7, 11) is 0. The van der Waals surface area contributed by atoms with Gasteiger partial charge < -0.3 is 9.47 Å². The first-order chi connectivity index (χ1) is 11.7. The number of hydrogen-bond acceptors (Lipinski definition) is 9. The molecule has 0 spiro atoms. The second kappa shape index (κ2) is 6.99. The Morgan fingerprint density at radius 2 is 1.42 bits per heavy atom. The molecule has 0 atom stereocenters. The van der Waals surface area contributed by atoms with Gasteiger partial charge in [0.1, 0.15) is 10.1 Å². The molecule has 0 unspecified atom stereocenters. The standard InChI is InChI=1S/C13H16N6O4S/c1-3-22-12(20)8-10-18(16-14-8)6-5-7-19-11(24-10)9(15-17-19)13(21)23-4-2/h3-7H2,1-2H3. The summed E-state index contributed by atoms with van der Waals surface area (Å²) < 4.78 is 13.3. The predicted octanol–water partition coefficient (Wildman–Crippen LogP) is 0.778. The molecule has 2 aromatic rings. The van der Waals surface area contributed by atoms with E-state index in [-0.39, 0.29) is 24.6 Å². The van der Waals surface area contributed by atoms with E-state index in [1.165, 1.54) is 11.8 Å². The van der Waals surface area contributed by atoms with Crippen molar-refractivity contribution in [3.05, 3.63) is 11.4 Å². The van der Waals surface area contributed by atoms with Crippen LogP contribution in [0.25, 0.3) is 0 Å². The van der Waals surface area contributed by atoms with Crippen molar-refractivity contribution in [2.24, 2.45) is 0 Å². The molecule has 0 N–H and O–H groups in total. The Morgan fingerprint density at radius 3 is 1.83 bits per heavy atom. The van der Waals surface area contributed by atoms with Crippen molar-refractivity contribution >= 4 is 23.7 Å². The first-order valence-corrected chi connectivity index (χ1v) is 8.36. The number of hydrogen-bond donors (Lipinski definition) is 0. The summed E-state index contributed by atoms with van der Waals surface area (Å²) in [6.45, 7) is 5.06. The van der Waals surface area contributed by atoms with Crippen LogP contribution in [0.1, 0.15) is 41.2 Å². The molecular formula is C13H16N6O4S. The molecule has 0 aromatic carbocycles. The Bertz CT molecular complexity index is 708. The van der Waals surface area contributed by atoms with Crippen molar-refractivity contribution in [2.45, 2.75) is 43.4 Å². The van der Waals surface area contributed by atoms with Crippen molar-refractivity contribution in [2.75, 3.05) is 13.2 Å². The third-order valence-electron chi connectivity index (χ3n) is 3.25. The number of carbonyl (C=O) groups excluding carboxylic acids is 2. The molecule has 0 saturated heterocycles. The first-order valence-electron chi connectivity index (χ1n) is 7.54. The van der Waals surface area contributed by atoms with E-state index in [9.17, 15) is 9.59 Å². The SMILES string of the molecule is CCOC(=O)c1nnn2c1Sc1c(C(=O)OCC)nnn1CCC2. The molecule has 0 aliphatic carbocycles. The first kappa shape index (κ1) is 16.4. The second-order valence-corrected chi connectivity index (χ2v) is 5.81. The molecule has 0 saturated carbocycles. The summed E-state index contributed by atoms with van der Waals surface area (Å²) in [5, 5.41) is 16.9. The number of ether oxygens (including phenoxy) is 2. The summed E-state index contributed by atoms with van der Waals surface area (Å²) in [5.41, 5.74) is 0.234. The van der Waals surface area contributed by atoms with Crippen molar-refractivity contribution in [3.63, 3.8) is 0 Å². The lowest BCUT2D eigenvalue weighted by molar-refractivity contribution is 0.0506. The lowest BCUT2D eigenvalue weighted by atomic mass is 10.4. The van der Waals surface area contributed by atoms with Gasteiger partial charge in [0.15, 0.2) is 0 Å². The minimum Gasteiger partial charge on any atom is -0.461 e. The largest absolute Gasteiger partial charge is 0.461 e. The highest BCUT2D eigenvalue weighted by atomic mass is 32.2. The molecule has 3 rings (SSSR count). The van der Waals surface area contributed by atoms with Gasteiger partial charge in [0.05, 0.1) is 13.2 Å². The fourth-order valence-electron chi connectivity index (χ4n) is 2.22. The van der Waals surface area contributed by atoms with Gasteiger partial charge in [0.2, 0.25) is 11.4 Å². The molecule has 0 radical (unpaired) electrons. The minimum absolute atomic E-state index is 0.117. The van der Waals surface area contributed by atoms with Gasteiger partial charge in [0, 0.05) is 13.1 Å². The molecule has 1 aliphatic rings. The molecular weight excluding hydrogens is 336 g/mol. The van der Waals surface area contributed by atoms with Gasteiger partial charge in [0.25, 0.3) is 0 Å². The van der Waals surface area contributed by atoms with E-state index < -0.39 is 11.9 Å². The summed E-state index contributed by atoms with van der Waals surface area (Å²) in [4.78, 5) is 24.1. The van der Waals surface area contributed by atoms with Crippen molar-refractivity contribution in [3.8, 4) is 0 Å². The van der Waals surface area contributed by atoms with Gasteiger partial charge in [-0.3, -0.25) is 0 Å². The Kier molecular flexibility index (Phi) is 4.79. The van der Waals surface area contributed by atoms with Crippen LogP contribution in [-0.4, -0.2) is 55.1 Å². The summed E-state index contributed by atoms with van der Waals surface area (Å²) in [5.74, 6) is -1.10. The van der Waals surface area contributed by atoms with Crippen LogP contribution in [0.3, 0.4) is 0 Å². The lowest BCUT2D eigenvalue weighted by Crippen LogP contribution is -2.14. The van der Waals surface area contributed by atoms with Crippen LogP contribution in [-0.2, 0) is 22.6 Å². The van der Waals surface area contributed by atoms with Crippen LogP contribution in [0.15, 0.2) is 10.1 Å². The van der Waals surface area contributed by atoms with Gasteiger partial charge >= 0.3 is 11.9 Å². The maximum Gasteiger partial charge on any atom is 0.361 e. The van der Waals surface area contributed by atoms with Crippen LogP contribution in [0.4, 0.5) is 0 Å². The zero-order chi connectivity index (χ0) is 17.1. The van der Waals surface area contributed by atoms with Crippen LogP contribution < -0.4 is 0 Å². The van der Waals surface area contributed by atoms with Gasteiger partial charge in [-0.2, -0.15) is 0 Å².